The van der Waals surface area contributed by atoms with E-state index in [1.54, 1.807) is 6.92 Å². The molecule has 4 nitrogen and oxygen atoms in total. The second kappa shape index (κ2) is 6.15. The van der Waals surface area contributed by atoms with Crippen molar-refractivity contribution < 1.29 is 23.8 Å². The maximum atomic E-state index is 13.0. The quantitative estimate of drug-likeness (QED) is 0.643. The molecule has 0 spiro atoms. The van der Waals surface area contributed by atoms with Crippen LogP contribution in [-0.4, -0.2) is 28.6 Å². The number of hydrogen-bond acceptors (Lipinski definition) is 4. The van der Waals surface area contributed by atoms with Crippen LogP contribution in [0.25, 0.3) is 0 Å². The Kier molecular flexibility index (Phi) is 4.18. The van der Waals surface area contributed by atoms with Crippen molar-refractivity contribution in [2.24, 2.45) is 17.3 Å². The predicted molar refractivity (Wildman–Crippen MR) is 93.0 cm³/mol. The van der Waals surface area contributed by atoms with Gasteiger partial charge in [0.05, 0.1) is 12.0 Å². The fourth-order valence-corrected chi connectivity index (χ4v) is 6.06. The van der Waals surface area contributed by atoms with Gasteiger partial charge in [0.25, 0.3) is 0 Å². The lowest BCUT2D eigenvalue weighted by atomic mass is 9.47. The number of ether oxygens (including phenoxy) is 1. The lowest BCUT2D eigenvalue weighted by molar-refractivity contribution is -0.178. The number of carbonyl (C=O) groups excluding carboxylic acids is 2. The highest BCUT2D eigenvalue weighted by Crippen LogP contribution is 2.62. The summed E-state index contributed by atoms with van der Waals surface area (Å²) in [5, 5.41) is 10.8. The zero-order valence-corrected chi connectivity index (χ0v) is 15.0. The number of rotatable bonds is 5. The molecule has 26 heavy (non-hydrogen) atoms. The minimum absolute atomic E-state index is 0.172. The fourth-order valence-electron chi connectivity index (χ4n) is 6.06. The number of esters is 1. The second-order valence-corrected chi connectivity index (χ2v) is 8.87. The average molecular weight is 360 g/mol. The molecule has 0 heterocycles. The number of benzene rings is 1. The summed E-state index contributed by atoms with van der Waals surface area (Å²) in [7, 11) is 0. The van der Waals surface area contributed by atoms with E-state index in [1.807, 2.05) is 0 Å². The Hall–Kier alpha value is -1.75. The van der Waals surface area contributed by atoms with Gasteiger partial charge in [0, 0.05) is 5.56 Å². The van der Waals surface area contributed by atoms with Gasteiger partial charge >= 0.3 is 5.97 Å². The van der Waals surface area contributed by atoms with Gasteiger partial charge in [-0.1, -0.05) is 0 Å². The number of Topliss-reactive ketones (excluding diaryl/α,β-unsaturated/α-hetero) is 1. The van der Waals surface area contributed by atoms with Crippen molar-refractivity contribution in [1.29, 1.82) is 0 Å². The molecule has 4 aliphatic rings. The first kappa shape index (κ1) is 17.7. The number of hydrogen-bond donors (Lipinski definition) is 1. The largest absolute Gasteiger partial charge is 0.454 e. The molecule has 4 saturated carbocycles. The van der Waals surface area contributed by atoms with Crippen molar-refractivity contribution in [2.75, 3.05) is 0 Å². The van der Waals surface area contributed by atoms with E-state index in [9.17, 15) is 19.1 Å². The van der Waals surface area contributed by atoms with Crippen LogP contribution < -0.4 is 0 Å². The van der Waals surface area contributed by atoms with Gasteiger partial charge in [-0.05, 0) is 87.0 Å². The van der Waals surface area contributed by atoms with Gasteiger partial charge in [0.1, 0.15) is 5.82 Å². The van der Waals surface area contributed by atoms with E-state index in [-0.39, 0.29) is 23.6 Å². The van der Waals surface area contributed by atoms with E-state index in [4.69, 9.17) is 4.74 Å². The Morgan fingerprint density at radius 3 is 2.38 bits per heavy atom. The molecule has 0 saturated heterocycles. The first-order valence-electron chi connectivity index (χ1n) is 9.48. The third kappa shape index (κ3) is 3.29. The Morgan fingerprint density at radius 2 is 1.81 bits per heavy atom. The van der Waals surface area contributed by atoms with Gasteiger partial charge < -0.3 is 9.84 Å². The summed E-state index contributed by atoms with van der Waals surface area (Å²) in [6.07, 6.45) is 4.87. The Labute approximate surface area is 152 Å². The van der Waals surface area contributed by atoms with Crippen molar-refractivity contribution in [1.82, 2.24) is 0 Å². The molecule has 4 bridgehead atoms. The van der Waals surface area contributed by atoms with Crippen molar-refractivity contribution >= 4 is 11.8 Å². The molecule has 4 fully saturated rings. The first-order valence-corrected chi connectivity index (χ1v) is 9.48. The van der Waals surface area contributed by atoms with E-state index < -0.39 is 17.5 Å². The fraction of sp³-hybridized carbons (Fsp3) is 0.619. The predicted octanol–water partition coefficient (Wildman–Crippen LogP) is 3.66. The summed E-state index contributed by atoms with van der Waals surface area (Å²) in [6, 6.07) is 5.24. The molecule has 140 valence electrons. The van der Waals surface area contributed by atoms with Crippen LogP contribution in [0.15, 0.2) is 24.3 Å². The van der Waals surface area contributed by atoms with Gasteiger partial charge in [0.2, 0.25) is 5.78 Å². The van der Waals surface area contributed by atoms with Gasteiger partial charge in [-0.2, -0.15) is 0 Å². The summed E-state index contributed by atoms with van der Waals surface area (Å²) in [5.74, 6) is -0.105. The molecule has 0 radical (unpaired) electrons. The van der Waals surface area contributed by atoms with E-state index in [0.29, 0.717) is 23.8 Å². The molecular weight excluding hydrogens is 335 g/mol. The van der Waals surface area contributed by atoms with Gasteiger partial charge in [0.15, 0.2) is 6.10 Å². The SMILES string of the molecule is C[C@H](OC(=O)CC12C[C@@H]3C[C@@H](CC(O)(C3)C1)C2)C(=O)c1ccc(F)cc1. The maximum Gasteiger partial charge on any atom is 0.307 e. The molecule has 0 aromatic heterocycles. The van der Waals surface area contributed by atoms with E-state index in [2.05, 4.69) is 0 Å². The third-order valence-electron chi connectivity index (χ3n) is 6.48. The van der Waals surface area contributed by atoms with Crippen LogP contribution in [0.5, 0.6) is 0 Å². The molecule has 5 heteroatoms. The Morgan fingerprint density at radius 1 is 1.19 bits per heavy atom. The molecule has 0 aliphatic heterocycles. The zero-order chi connectivity index (χ0) is 18.5. The van der Waals surface area contributed by atoms with E-state index in [1.165, 1.54) is 30.7 Å². The van der Waals surface area contributed by atoms with Crippen molar-refractivity contribution in [3.63, 3.8) is 0 Å². The molecule has 5 rings (SSSR count). The van der Waals surface area contributed by atoms with Crippen LogP contribution in [0, 0.1) is 23.1 Å². The second-order valence-electron chi connectivity index (χ2n) is 8.87. The molecule has 1 aromatic carbocycles. The lowest BCUT2D eigenvalue weighted by Gasteiger charge is -2.60. The first-order chi connectivity index (χ1) is 12.3. The van der Waals surface area contributed by atoms with Crippen LogP contribution in [0.4, 0.5) is 4.39 Å². The van der Waals surface area contributed by atoms with Crippen molar-refractivity contribution in [3.05, 3.63) is 35.6 Å². The Balaban J connectivity index is 1.39. The summed E-state index contributed by atoms with van der Waals surface area (Å²) >= 11 is 0. The number of ketones is 1. The normalized spacial score (nSPS) is 36.0. The summed E-state index contributed by atoms with van der Waals surface area (Å²) in [6.45, 7) is 1.55. The van der Waals surface area contributed by atoms with Gasteiger partial charge in [-0.15, -0.1) is 0 Å². The maximum absolute atomic E-state index is 13.0. The highest BCUT2D eigenvalue weighted by molar-refractivity contribution is 6.00. The molecule has 1 N–H and O–H groups in total. The van der Waals surface area contributed by atoms with Crippen LogP contribution >= 0.6 is 0 Å². The molecule has 2 unspecified atom stereocenters. The number of halogens is 1. The summed E-state index contributed by atoms with van der Waals surface area (Å²) < 4.78 is 18.4. The van der Waals surface area contributed by atoms with Gasteiger partial charge in [-0.3, -0.25) is 9.59 Å². The minimum Gasteiger partial charge on any atom is -0.454 e. The minimum atomic E-state index is -0.898. The smallest absolute Gasteiger partial charge is 0.307 e. The van der Waals surface area contributed by atoms with Gasteiger partial charge in [-0.25, -0.2) is 4.39 Å². The van der Waals surface area contributed by atoms with Crippen LogP contribution in [0.1, 0.15) is 62.2 Å². The standard InChI is InChI=1S/C21H25FO4/c1-13(19(24)16-2-4-17(22)5-3-16)26-18(23)11-20-7-14-6-15(8-20)10-21(25,9-14)12-20/h2-5,13-15,25H,6-12H2,1H3/t13-,14-,15+,20?,21?/m0/s1. The third-order valence-corrected chi connectivity index (χ3v) is 6.48. The highest BCUT2D eigenvalue weighted by Gasteiger charge is 2.57. The highest BCUT2D eigenvalue weighted by atomic mass is 19.1. The molecule has 0 amide bonds. The lowest BCUT2D eigenvalue weighted by Crippen LogP contribution is -2.56. The zero-order valence-electron chi connectivity index (χ0n) is 15.0. The number of aliphatic hydroxyl groups is 1. The van der Waals surface area contributed by atoms with Crippen molar-refractivity contribution in [2.45, 2.75) is 63.6 Å². The van der Waals surface area contributed by atoms with E-state index in [0.717, 1.165) is 25.7 Å². The molecule has 1 aromatic rings. The molecule has 4 aliphatic carbocycles. The average Bonchev–Trinajstić information content (AvgIpc) is 2.51. The van der Waals surface area contributed by atoms with Crippen molar-refractivity contribution in [3.8, 4) is 0 Å². The van der Waals surface area contributed by atoms with Crippen LogP contribution in [0.3, 0.4) is 0 Å². The summed E-state index contributed by atoms with van der Waals surface area (Å²) in [5.41, 5.74) is -0.454. The topological polar surface area (TPSA) is 63.6 Å². The molecule has 5 atom stereocenters. The number of carbonyl (C=O) groups is 2. The monoisotopic (exact) mass is 360 g/mol. The van der Waals surface area contributed by atoms with E-state index >= 15 is 0 Å². The Bertz CT molecular complexity index is 712. The van der Waals surface area contributed by atoms with Crippen LogP contribution in [0.2, 0.25) is 0 Å². The summed E-state index contributed by atoms with van der Waals surface area (Å²) in [4.78, 5) is 24.9. The molecular formula is C21H25FO4. The van der Waals surface area contributed by atoms with Crippen LogP contribution in [-0.2, 0) is 9.53 Å².